The van der Waals surface area contributed by atoms with Crippen LogP contribution in [0.4, 0.5) is 0 Å². The van der Waals surface area contributed by atoms with Gasteiger partial charge < -0.3 is 10.2 Å². The fourth-order valence-corrected chi connectivity index (χ4v) is 1.91. The number of hydrogen-bond donors (Lipinski definition) is 1. The summed E-state index contributed by atoms with van der Waals surface area (Å²) in [5.41, 5.74) is 5.81. The van der Waals surface area contributed by atoms with Gasteiger partial charge >= 0.3 is 0 Å². The van der Waals surface area contributed by atoms with Crippen molar-refractivity contribution >= 4 is 0 Å². The Kier molecular flexibility index (Phi) is 4.85. The molecule has 0 amide bonds. The van der Waals surface area contributed by atoms with Crippen molar-refractivity contribution in [3.05, 3.63) is 24.2 Å². The molecule has 0 saturated heterocycles. The predicted octanol–water partition coefficient (Wildman–Crippen LogP) is 2.08. The standard InChI is InChI=1S/C12H22N2O/c1-4-14(12(8-13)10(2)3)9-11-6-5-7-15-11/h5-7,10,12H,4,8-9,13H2,1-3H3. The summed E-state index contributed by atoms with van der Waals surface area (Å²) in [7, 11) is 0. The number of nitrogens with two attached hydrogens (primary N) is 1. The highest BCUT2D eigenvalue weighted by atomic mass is 16.3. The fraction of sp³-hybridized carbons (Fsp3) is 0.667. The van der Waals surface area contributed by atoms with E-state index >= 15 is 0 Å². The van der Waals surface area contributed by atoms with Crippen molar-refractivity contribution in [1.29, 1.82) is 0 Å². The summed E-state index contributed by atoms with van der Waals surface area (Å²) in [4.78, 5) is 2.36. The highest BCUT2D eigenvalue weighted by Gasteiger charge is 2.19. The van der Waals surface area contributed by atoms with Gasteiger partial charge in [0.15, 0.2) is 0 Å². The molecule has 0 aliphatic heterocycles. The van der Waals surface area contributed by atoms with E-state index in [0.717, 1.165) is 18.8 Å². The van der Waals surface area contributed by atoms with Crippen LogP contribution in [0.25, 0.3) is 0 Å². The molecule has 0 aliphatic carbocycles. The van der Waals surface area contributed by atoms with Gasteiger partial charge in [0.1, 0.15) is 5.76 Å². The molecular weight excluding hydrogens is 188 g/mol. The van der Waals surface area contributed by atoms with E-state index in [-0.39, 0.29) is 0 Å². The Bertz CT molecular complexity index is 257. The number of furan rings is 1. The zero-order chi connectivity index (χ0) is 11.3. The SMILES string of the molecule is CCN(Cc1ccco1)C(CN)C(C)C. The van der Waals surface area contributed by atoms with Gasteiger partial charge in [-0.25, -0.2) is 0 Å². The van der Waals surface area contributed by atoms with Crippen LogP contribution in [0.15, 0.2) is 22.8 Å². The average Bonchev–Trinajstić information content (AvgIpc) is 2.69. The van der Waals surface area contributed by atoms with Crippen LogP contribution < -0.4 is 5.73 Å². The molecule has 3 nitrogen and oxygen atoms in total. The smallest absolute Gasteiger partial charge is 0.117 e. The molecule has 86 valence electrons. The van der Waals surface area contributed by atoms with E-state index in [1.165, 1.54) is 0 Å². The van der Waals surface area contributed by atoms with E-state index in [0.29, 0.717) is 18.5 Å². The van der Waals surface area contributed by atoms with Crippen molar-refractivity contribution in [3.8, 4) is 0 Å². The fourth-order valence-electron chi connectivity index (χ4n) is 1.91. The lowest BCUT2D eigenvalue weighted by molar-refractivity contribution is 0.149. The topological polar surface area (TPSA) is 42.4 Å². The molecule has 0 bridgehead atoms. The van der Waals surface area contributed by atoms with Gasteiger partial charge in [-0.1, -0.05) is 20.8 Å². The largest absolute Gasteiger partial charge is 0.468 e. The summed E-state index contributed by atoms with van der Waals surface area (Å²) < 4.78 is 5.36. The molecule has 0 aromatic carbocycles. The van der Waals surface area contributed by atoms with Crippen LogP contribution in [0.3, 0.4) is 0 Å². The van der Waals surface area contributed by atoms with Crippen LogP contribution in [0.1, 0.15) is 26.5 Å². The van der Waals surface area contributed by atoms with Gasteiger partial charge in [-0.3, -0.25) is 4.90 Å². The van der Waals surface area contributed by atoms with Crippen molar-refractivity contribution < 1.29 is 4.42 Å². The highest BCUT2D eigenvalue weighted by molar-refractivity contribution is 4.98. The van der Waals surface area contributed by atoms with Gasteiger partial charge in [-0.15, -0.1) is 0 Å². The molecule has 0 spiro atoms. The molecule has 3 heteroatoms. The molecule has 2 N–H and O–H groups in total. The third-order valence-corrected chi connectivity index (χ3v) is 2.83. The molecule has 15 heavy (non-hydrogen) atoms. The van der Waals surface area contributed by atoms with Crippen LogP contribution in [0.2, 0.25) is 0 Å². The molecule has 1 rings (SSSR count). The maximum atomic E-state index is 5.81. The van der Waals surface area contributed by atoms with Crippen molar-refractivity contribution in [2.75, 3.05) is 13.1 Å². The van der Waals surface area contributed by atoms with Gasteiger partial charge in [0.25, 0.3) is 0 Å². The normalized spacial score (nSPS) is 13.7. The Morgan fingerprint density at radius 3 is 2.60 bits per heavy atom. The molecule has 1 aromatic heterocycles. The highest BCUT2D eigenvalue weighted by Crippen LogP contribution is 2.13. The monoisotopic (exact) mass is 210 g/mol. The molecule has 0 fully saturated rings. The Balaban J connectivity index is 2.61. The molecule has 0 aliphatic rings. The summed E-state index contributed by atoms with van der Waals surface area (Å²) >= 11 is 0. The maximum Gasteiger partial charge on any atom is 0.117 e. The van der Waals surface area contributed by atoms with E-state index in [9.17, 15) is 0 Å². The van der Waals surface area contributed by atoms with Gasteiger partial charge in [0, 0.05) is 12.6 Å². The summed E-state index contributed by atoms with van der Waals surface area (Å²) in [6.45, 7) is 9.13. The second-order valence-electron chi connectivity index (χ2n) is 4.19. The minimum Gasteiger partial charge on any atom is -0.468 e. The van der Waals surface area contributed by atoms with E-state index in [1.54, 1.807) is 6.26 Å². The zero-order valence-corrected chi connectivity index (χ0v) is 9.94. The number of hydrogen-bond acceptors (Lipinski definition) is 3. The van der Waals surface area contributed by atoms with Crippen LogP contribution >= 0.6 is 0 Å². The summed E-state index contributed by atoms with van der Waals surface area (Å²) in [5, 5.41) is 0. The Morgan fingerprint density at radius 1 is 1.47 bits per heavy atom. The number of nitrogens with zero attached hydrogens (tertiary/aromatic N) is 1. The molecule has 1 aromatic rings. The van der Waals surface area contributed by atoms with Gasteiger partial charge in [0.05, 0.1) is 12.8 Å². The first kappa shape index (κ1) is 12.3. The molecule has 0 saturated carbocycles. The average molecular weight is 210 g/mol. The quantitative estimate of drug-likeness (QED) is 0.781. The first-order chi connectivity index (χ1) is 7.19. The van der Waals surface area contributed by atoms with Gasteiger partial charge in [0.2, 0.25) is 0 Å². The van der Waals surface area contributed by atoms with Crippen molar-refractivity contribution in [2.45, 2.75) is 33.4 Å². The molecule has 0 radical (unpaired) electrons. The van der Waals surface area contributed by atoms with Crippen molar-refractivity contribution in [3.63, 3.8) is 0 Å². The lowest BCUT2D eigenvalue weighted by Gasteiger charge is -2.31. The van der Waals surface area contributed by atoms with E-state index < -0.39 is 0 Å². The van der Waals surface area contributed by atoms with Gasteiger partial charge in [-0.05, 0) is 24.6 Å². The van der Waals surface area contributed by atoms with Gasteiger partial charge in [-0.2, -0.15) is 0 Å². The Hall–Kier alpha value is -0.800. The van der Waals surface area contributed by atoms with Crippen LogP contribution in [-0.4, -0.2) is 24.0 Å². The Morgan fingerprint density at radius 2 is 2.20 bits per heavy atom. The lowest BCUT2D eigenvalue weighted by Crippen LogP contribution is -2.43. The van der Waals surface area contributed by atoms with Crippen LogP contribution in [-0.2, 0) is 6.54 Å². The minimum absolute atomic E-state index is 0.431. The van der Waals surface area contributed by atoms with E-state index in [2.05, 4.69) is 25.7 Å². The lowest BCUT2D eigenvalue weighted by atomic mass is 10.0. The second-order valence-corrected chi connectivity index (χ2v) is 4.19. The zero-order valence-electron chi connectivity index (χ0n) is 9.94. The van der Waals surface area contributed by atoms with Crippen LogP contribution in [0.5, 0.6) is 0 Å². The van der Waals surface area contributed by atoms with Crippen molar-refractivity contribution in [2.24, 2.45) is 11.7 Å². The van der Waals surface area contributed by atoms with Crippen molar-refractivity contribution in [1.82, 2.24) is 4.90 Å². The third-order valence-electron chi connectivity index (χ3n) is 2.83. The first-order valence-corrected chi connectivity index (χ1v) is 5.65. The predicted molar refractivity (Wildman–Crippen MR) is 62.5 cm³/mol. The summed E-state index contributed by atoms with van der Waals surface area (Å²) in [5.74, 6) is 1.58. The number of rotatable bonds is 6. The van der Waals surface area contributed by atoms with E-state index in [1.807, 2.05) is 12.1 Å². The summed E-state index contributed by atoms with van der Waals surface area (Å²) in [6, 6.07) is 4.37. The second kappa shape index (κ2) is 5.93. The molecule has 1 heterocycles. The third kappa shape index (κ3) is 3.36. The minimum atomic E-state index is 0.431. The first-order valence-electron chi connectivity index (χ1n) is 5.65. The molecule has 1 unspecified atom stereocenters. The van der Waals surface area contributed by atoms with E-state index in [4.69, 9.17) is 10.2 Å². The molecule has 1 atom stereocenters. The Labute approximate surface area is 92.2 Å². The maximum absolute atomic E-state index is 5.81. The summed E-state index contributed by atoms with van der Waals surface area (Å²) in [6.07, 6.45) is 1.72. The molecular formula is C12H22N2O. The number of likely N-dealkylation sites (N-methyl/N-ethyl adjacent to an activating group) is 1. The van der Waals surface area contributed by atoms with Crippen LogP contribution in [0, 0.1) is 5.92 Å².